The SMILES string of the molecule is c1cc(-c2cc(-c3cccc(-c4cccc5ccccc45)c3)cc(-c3c4ccccc4c(-c4ccc5ccccc5c4)c4ccccc34)c2)cc(-c2cccc3ccccc23)c1. The molecule has 0 N–H and O–H groups in total. The first kappa shape index (κ1) is 35.8. The van der Waals surface area contributed by atoms with Crippen LogP contribution in [0.4, 0.5) is 0 Å². The fourth-order valence-electron chi connectivity index (χ4n) is 9.89. The van der Waals surface area contributed by atoms with Gasteiger partial charge in [-0.1, -0.05) is 206 Å². The molecule has 0 unspecified atom stereocenters. The summed E-state index contributed by atoms with van der Waals surface area (Å²) in [5.41, 5.74) is 14.6. The van der Waals surface area contributed by atoms with E-state index < -0.39 is 0 Å². The Balaban J connectivity index is 1.11. The third-order valence-corrected chi connectivity index (χ3v) is 12.8. The molecule has 0 atom stereocenters. The van der Waals surface area contributed by atoms with E-state index in [1.807, 2.05) is 0 Å². The van der Waals surface area contributed by atoms with Gasteiger partial charge in [0.15, 0.2) is 0 Å². The van der Waals surface area contributed by atoms with Crippen LogP contribution < -0.4 is 0 Å². The quantitative estimate of drug-likeness (QED) is 0.147. The van der Waals surface area contributed by atoms with E-state index in [2.05, 4.69) is 243 Å². The second-order valence-corrected chi connectivity index (χ2v) is 16.4. The molecule has 0 aliphatic carbocycles. The van der Waals surface area contributed by atoms with Gasteiger partial charge in [0.25, 0.3) is 0 Å². The second-order valence-electron chi connectivity index (χ2n) is 16.4. The zero-order valence-corrected chi connectivity index (χ0v) is 34.1. The predicted octanol–water partition coefficient (Wildman–Crippen LogP) is 17.5. The Hall–Kier alpha value is -8.06. The standard InChI is InChI=1S/C62H40/c1-2-18-44-37-49(34-33-41(44)15-1)61-57-27-7-9-29-59(57)62(60-30-10-8-28-58(60)61)52-39-50(45-21-11-23-47(35-45)55-31-13-19-42-16-3-5-25-53(42)55)38-51(40-52)46-22-12-24-48(36-46)56-32-14-20-43-17-4-6-26-54(43)56/h1-40H. The molecular formula is C62H40. The van der Waals surface area contributed by atoms with Crippen LogP contribution in [0.2, 0.25) is 0 Å². The maximum absolute atomic E-state index is 2.42. The lowest BCUT2D eigenvalue weighted by atomic mass is 9.84. The molecule has 62 heavy (non-hydrogen) atoms. The molecule has 0 aliphatic rings. The van der Waals surface area contributed by atoms with Crippen molar-refractivity contribution in [3.05, 3.63) is 243 Å². The van der Waals surface area contributed by atoms with Crippen molar-refractivity contribution in [2.45, 2.75) is 0 Å². The van der Waals surface area contributed by atoms with E-state index in [1.54, 1.807) is 0 Å². The van der Waals surface area contributed by atoms with Crippen LogP contribution in [0.15, 0.2) is 243 Å². The van der Waals surface area contributed by atoms with E-state index >= 15 is 0 Å². The molecule has 288 valence electrons. The molecule has 0 amide bonds. The summed E-state index contributed by atoms with van der Waals surface area (Å²) in [5, 5.41) is 12.5. The van der Waals surface area contributed by atoms with E-state index in [0.717, 1.165) is 0 Å². The van der Waals surface area contributed by atoms with E-state index in [-0.39, 0.29) is 0 Å². The normalized spacial score (nSPS) is 11.5. The van der Waals surface area contributed by atoms with Gasteiger partial charge < -0.3 is 0 Å². The van der Waals surface area contributed by atoms with Crippen LogP contribution in [0.1, 0.15) is 0 Å². The Morgan fingerprint density at radius 2 is 0.516 bits per heavy atom. The Kier molecular flexibility index (Phi) is 8.61. The number of hydrogen-bond donors (Lipinski definition) is 0. The van der Waals surface area contributed by atoms with Crippen LogP contribution in [-0.4, -0.2) is 0 Å². The first-order valence-corrected chi connectivity index (χ1v) is 21.5. The molecule has 0 nitrogen and oxygen atoms in total. The van der Waals surface area contributed by atoms with Crippen LogP contribution >= 0.6 is 0 Å². The third-order valence-electron chi connectivity index (χ3n) is 12.8. The molecule has 0 heterocycles. The highest BCUT2D eigenvalue weighted by Gasteiger charge is 2.19. The lowest BCUT2D eigenvalue weighted by molar-refractivity contribution is 1.57. The fraction of sp³-hybridized carbons (Fsp3) is 0. The summed E-state index contributed by atoms with van der Waals surface area (Å²) >= 11 is 0. The number of rotatable bonds is 6. The van der Waals surface area contributed by atoms with Gasteiger partial charge in [-0.05, 0) is 157 Å². The van der Waals surface area contributed by atoms with E-state index in [9.17, 15) is 0 Å². The van der Waals surface area contributed by atoms with E-state index in [1.165, 1.54) is 121 Å². The molecule has 0 bridgehead atoms. The molecule has 0 radical (unpaired) electrons. The monoisotopic (exact) mass is 784 g/mol. The summed E-state index contributed by atoms with van der Waals surface area (Å²) in [6.45, 7) is 0. The molecule has 0 fully saturated rings. The number of benzene rings is 12. The molecule has 0 saturated heterocycles. The van der Waals surface area contributed by atoms with Gasteiger partial charge in [0, 0.05) is 0 Å². The van der Waals surface area contributed by atoms with Gasteiger partial charge in [-0.15, -0.1) is 0 Å². The summed E-state index contributed by atoms with van der Waals surface area (Å²) < 4.78 is 0. The number of hydrogen-bond acceptors (Lipinski definition) is 0. The Morgan fingerprint density at radius 1 is 0.161 bits per heavy atom. The van der Waals surface area contributed by atoms with Crippen molar-refractivity contribution in [2.75, 3.05) is 0 Å². The molecule has 12 aromatic carbocycles. The van der Waals surface area contributed by atoms with E-state index in [0.29, 0.717) is 0 Å². The highest BCUT2D eigenvalue weighted by Crippen LogP contribution is 2.46. The van der Waals surface area contributed by atoms with Gasteiger partial charge in [-0.3, -0.25) is 0 Å². The maximum Gasteiger partial charge on any atom is -0.00259 e. The van der Waals surface area contributed by atoms with Gasteiger partial charge in [-0.2, -0.15) is 0 Å². The summed E-state index contributed by atoms with van der Waals surface area (Å²) in [4.78, 5) is 0. The van der Waals surface area contributed by atoms with Crippen molar-refractivity contribution in [1.82, 2.24) is 0 Å². The lowest BCUT2D eigenvalue weighted by Gasteiger charge is -2.19. The highest BCUT2D eigenvalue weighted by atomic mass is 14.2. The summed E-state index contributed by atoms with van der Waals surface area (Å²) in [6, 6.07) is 89.6. The average Bonchev–Trinajstić information content (AvgIpc) is 3.35. The molecule has 12 aromatic rings. The number of fused-ring (bicyclic) bond motifs is 5. The maximum atomic E-state index is 2.42. The second kappa shape index (κ2) is 14.9. The molecular weight excluding hydrogens is 745 g/mol. The van der Waals surface area contributed by atoms with Crippen molar-refractivity contribution in [1.29, 1.82) is 0 Å². The van der Waals surface area contributed by atoms with Gasteiger partial charge in [0.2, 0.25) is 0 Å². The van der Waals surface area contributed by atoms with Crippen molar-refractivity contribution < 1.29 is 0 Å². The minimum atomic E-state index is 1.18. The Morgan fingerprint density at radius 3 is 1.03 bits per heavy atom. The van der Waals surface area contributed by atoms with Gasteiger partial charge >= 0.3 is 0 Å². The molecule has 0 heteroatoms. The first-order valence-electron chi connectivity index (χ1n) is 21.5. The summed E-state index contributed by atoms with van der Waals surface area (Å²) in [7, 11) is 0. The van der Waals surface area contributed by atoms with Crippen LogP contribution in [-0.2, 0) is 0 Å². The molecule has 0 aromatic heterocycles. The Labute approximate surface area is 361 Å². The first-order chi connectivity index (χ1) is 30.7. The Bertz CT molecular complexity index is 3490. The predicted molar refractivity (Wildman–Crippen MR) is 267 cm³/mol. The van der Waals surface area contributed by atoms with Crippen molar-refractivity contribution in [2.24, 2.45) is 0 Å². The van der Waals surface area contributed by atoms with Gasteiger partial charge in [-0.25, -0.2) is 0 Å². The smallest absolute Gasteiger partial charge is 0.00259 e. The molecule has 0 saturated carbocycles. The highest BCUT2D eigenvalue weighted by molar-refractivity contribution is 6.22. The fourth-order valence-corrected chi connectivity index (χ4v) is 9.89. The van der Waals surface area contributed by atoms with Crippen molar-refractivity contribution >= 4 is 53.9 Å². The zero-order valence-electron chi connectivity index (χ0n) is 34.1. The minimum Gasteiger partial charge on any atom is -0.0616 e. The zero-order chi connectivity index (χ0) is 41.0. The topological polar surface area (TPSA) is 0 Å². The molecule has 12 rings (SSSR count). The van der Waals surface area contributed by atoms with Crippen LogP contribution in [0.3, 0.4) is 0 Å². The molecule has 0 spiro atoms. The summed E-state index contributed by atoms with van der Waals surface area (Å²) in [6.07, 6.45) is 0. The summed E-state index contributed by atoms with van der Waals surface area (Å²) in [5.74, 6) is 0. The lowest BCUT2D eigenvalue weighted by Crippen LogP contribution is -1.93. The largest absolute Gasteiger partial charge is 0.0616 e. The van der Waals surface area contributed by atoms with Crippen LogP contribution in [0.5, 0.6) is 0 Å². The van der Waals surface area contributed by atoms with E-state index in [4.69, 9.17) is 0 Å². The van der Waals surface area contributed by atoms with Crippen LogP contribution in [0.25, 0.3) is 121 Å². The van der Waals surface area contributed by atoms with Crippen molar-refractivity contribution in [3.8, 4) is 66.8 Å². The van der Waals surface area contributed by atoms with Crippen LogP contribution in [0, 0.1) is 0 Å². The van der Waals surface area contributed by atoms with Gasteiger partial charge in [0.05, 0.1) is 0 Å². The van der Waals surface area contributed by atoms with Gasteiger partial charge in [0.1, 0.15) is 0 Å². The molecule has 0 aliphatic heterocycles. The third kappa shape index (κ3) is 6.16. The van der Waals surface area contributed by atoms with Crippen molar-refractivity contribution in [3.63, 3.8) is 0 Å². The average molecular weight is 785 g/mol. The minimum absolute atomic E-state index is 1.18.